The maximum Gasteiger partial charge on any atom is 0.338 e. The van der Waals surface area contributed by atoms with E-state index >= 15 is 0 Å². The fourth-order valence-corrected chi connectivity index (χ4v) is 5.16. The monoisotopic (exact) mass is 472 g/mol. The molecule has 0 radical (unpaired) electrons. The van der Waals surface area contributed by atoms with Crippen molar-refractivity contribution in [2.45, 2.75) is 18.2 Å². The minimum atomic E-state index is -1.85. The molecule has 1 amide bonds. The van der Waals surface area contributed by atoms with Crippen LogP contribution in [0.5, 0.6) is 0 Å². The first-order valence-electron chi connectivity index (χ1n) is 11.1. The van der Waals surface area contributed by atoms with Gasteiger partial charge in [0, 0.05) is 41.8 Å². The number of carbonyl (C=O) groups is 3. The summed E-state index contributed by atoms with van der Waals surface area (Å²) in [5.74, 6) is -2.09. The Bertz CT molecular complexity index is 1430. The summed E-state index contributed by atoms with van der Waals surface area (Å²) in [5, 5.41) is 0.814. The van der Waals surface area contributed by atoms with E-state index in [1.165, 1.54) is 19.1 Å². The average molecular weight is 472 g/mol. The number of anilines is 1. The van der Waals surface area contributed by atoms with Crippen LogP contribution in [0.1, 0.15) is 17.2 Å². The van der Waals surface area contributed by atoms with Gasteiger partial charge in [0.05, 0.1) is 31.1 Å². The third-order valence-corrected chi connectivity index (χ3v) is 6.65. The fraction of sp³-hybridized carbons (Fsp3) is 0.222. The lowest BCUT2D eigenvalue weighted by atomic mass is 9.85. The number of rotatable bonds is 5. The van der Waals surface area contributed by atoms with Gasteiger partial charge in [-0.15, -0.1) is 6.58 Å². The molecule has 0 N–H and O–H groups in total. The molecule has 0 saturated carbocycles. The Morgan fingerprint density at radius 2 is 1.77 bits per heavy atom. The predicted octanol–water partition coefficient (Wildman–Crippen LogP) is 3.41. The zero-order chi connectivity index (χ0) is 24.9. The van der Waals surface area contributed by atoms with Gasteiger partial charge in [0.1, 0.15) is 6.10 Å². The summed E-state index contributed by atoms with van der Waals surface area (Å²) < 4.78 is 18.7. The fourth-order valence-electron chi connectivity index (χ4n) is 5.16. The second kappa shape index (κ2) is 8.25. The summed E-state index contributed by atoms with van der Waals surface area (Å²) in [7, 11) is 4.04. The number of nitrogens with zero attached hydrogens (tertiary/aromatic N) is 2. The van der Waals surface area contributed by atoms with E-state index in [0.717, 1.165) is 10.9 Å². The van der Waals surface area contributed by atoms with Crippen LogP contribution in [-0.4, -0.2) is 43.7 Å². The number of para-hydroxylation sites is 2. The molecule has 2 aromatic carbocycles. The summed E-state index contributed by atoms with van der Waals surface area (Å²) in [6.07, 6.45) is 2.55. The highest BCUT2D eigenvalue weighted by molar-refractivity contribution is 6.17. The van der Waals surface area contributed by atoms with E-state index in [4.69, 9.17) is 14.2 Å². The number of likely N-dealkylation sites (N-methyl/N-ethyl adjacent to an activating group) is 1. The molecule has 178 valence electrons. The van der Waals surface area contributed by atoms with Crippen LogP contribution >= 0.6 is 0 Å². The van der Waals surface area contributed by atoms with Gasteiger partial charge in [0.25, 0.3) is 5.91 Å². The first-order valence-corrected chi connectivity index (χ1v) is 11.1. The molecule has 0 saturated heterocycles. The molecule has 1 spiro atoms. The normalized spacial score (nSPS) is 21.1. The van der Waals surface area contributed by atoms with E-state index < -0.39 is 29.6 Å². The molecule has 2 aliphatic rings. The van der Waals surface area contributed by atoms with E-state index in [0.29, 0.717) is 23.4 Å². The van der Waals surface area contributed by atoms with Gasteiger partial charge in [0.15, 0.2) is 0 Å². The molecule has 5 rings (SSSR count). The number of amides is 1. The van der Waals surface area contributed by atoms with Crippen molar-refractivity contribution in [1.29, 1.82) is 0 Å². The van der Waals surface area contributed by atoms with Crippen LogP contribution in [0.25, 0.3) is 10.9 Å². The summed E-state index contributed by atoms with van der Waals surface area (Å²) in [4.78, 5) is 41.7. The van der Waals surface area contributed by atoms with Crippen LogP contribution in [0.2, 0.25) is 0 Å². The second-order valence-corrected chi connectivity index (χ2v) is 8.37. The number of hydrogen-bond acceptors (Lipinski definition) is 6. The molecule has 8 nitrogen and oxygen atoms in total. The predicted molar refractivity (Wildman–Crippen MR) is 129 cm³/mol. The van der Waals surface area contributed by atoms with Gasteiger partial charge in [-0.25, -0.2) is 9.59 Å². The van der Waals surface area contributed by atoms with Crippen LogP contribution in [0.15, 0.2) is 78.5 Å². The van der Waals surface area contributed by atoms with Crippen LogP contribution in [0.4, 0.5) is 5.69 Å². The standard InChI is InChI=1S/C27H24N2O6/c1-5-14-29-15-17(16-10-6-8-12-19(16)29)23-21(24(30)33-3)22(25(31)34-4)27(35-23)18-11-7-9-13-20(18)28(2)26(27)32/h5-13,15,23H,1,14H2,2-4H3/t23-,27+/m0/s1. The number of methoxy groups -OCH3 is 2. The van der Waals surface area contributed by atoms with Crippen LogP contribution in [0, 0.1) is 0 Å². The highest BCUT2D eigenvalue weighted by Crippen LogP contribution is 2.57. The Balaban J connectivity index is 1.85. The summed E-state index contributed by atoms with van der Waals surface area (Å²) >= 11 is 0. The molecule has 2 atom stereocenters. The third kappa shape index (κ3) is 2.99. The van der Waals surface area contributed by atoms with Crippen molar-refractivity contribution in [3.63, 3.8) is 0 Å². The number of hydrogen-bond donors (Lipinski definition) is 0. The molecule has 2 aliphatic heterocycles. The van der Waals surface area contributed by atoms with E-state index in [9.17, 15) is 14.4 Å². The van der Waals surface area contributed by atoms with Gasteiger partial charge < -0.3 is 23.7 Å². The number of ether oxygens (including phenoxy) is 3. The van der Waals surface area contributed by atoms with Gasteiger partial charge in [-0.05, 0) is 12.1 Å². The summed E-state index contributed by atoms with van der Waals surface area (Å²) in [5.41, 5.74) is 0.490. The maximum atomic E-state index is 13.8. The largest absolute Gasteiger partial charge is 0.466 e. The van der Waals surface area contributed by atoms with Gasteiger partial charge in [-0.1, -0.05) is 42.5 Å². The van der Waals surface area contributed by atoms with Crippen LogP contribution in [-0.2, 0) is 40.7 Å². The third-order valence-electron chi connectivity index (χ3n) is 6.65. The second-order valence-electron chi connectivity index (χ2n) is 8.37. The Morgan fingerprint density at radius 1 is 1.09 bits per heavy atom. The van der Waals surface area contributed by atoms with Crippen molar-refractivity contribution < 1.29 is 28.6 Å². The van der Waals surface area contributed by atoms with Crippen molar-refractivity contribution >= 4 is 34.4 Å². The molecule has 0 aliphatic carbocycles. The number of allylic oxidation sites excluding steroid dienone is 1. The van der Waals surface area contributed by atoms with Crippen molar-refractivity contribution in [2.24, 2.45) is 0 Å². The number of fused-ring (bicyclic) bond motifs is 3. The highest BCUT2D eigenvalue weighted by atomic mass is 16.6. The van der Waals surface area contributed by atoms with E-state index in [1.807, 2.05) is 35.0 Å². The van der Waals surface area contributed by atoms with E-state index in [-0.39, 0.29) is 11.1 Å². The number of esters is 2. The number of benzene rings is 2. The van der Waals surface area contributed by atoms with Crippen LogP contribution in [0.3, 0.4) is 0 Å². The lowest BCUT2D eigenvalue weighted by Crippen LogP contribution is -2.42. The lowest BCUT2D eigenvalue weighted by Gasteiger charge is -2.26. The van der Waals surface area contributed by atoms with Gasteiger partial charge in [0.2, 0.25) is 5.60 Å². The first kappa shape index (κ1) is 22.6. The molecule has 3 heterocycles. The lowest BCUT2D eigenvalue weighted by molar-refractivity contribution is -0.148. The molecular formula is C27H24N2O6. The van der Waals surface area contributed by atoms with Crippen molar-refractivity contribution in [3.05, 3.63) is 89.7 Å². The Morgan fingerprint density at radius 3 is 2.49 bits per heavy atom. The minimum absolute atomic E-state index is 0.0562. The molecule has 8 heteroatoms. The van der Waals surface area contributed by atoms with Crippen molar-refractivity contribution in [2.75, 3.05) is 26.2 Å². The van der Waals surface area contributed by atoms with E-state index in [2.05, 4.69) is 6.58 Å². The Labute approximate surface area is 202 Å². The average Bonchev–Trinajstić information content (AvgIpc) is 3.50. The number of aromatic nitrogens is 1. The molecule has 0 bridgehead atoms. The summed E-state index contributed by atoms with van der Waals surface area (Å²) in [6.45, 7) is 4.34. The minimum Gasteiger partial charge on any atom is -0.466 e. The molecule has 35 heavy (non-hydrogen) atoms. The highest BCUT2D eigenvalue weighted by Gasteiger charge is 2.64. The maximum absolute atomic E-state index is 13.8. The zero-order valence-corrected chi connectivity index (χ0v) is 19.6. The Hall–Kier alpha value is -4.17. The molecule has 0 fully saturated rings. The molecular weight excluding hydrogens is 448 g/mol. The zero-order valence-electron chi connectivity index (χ0n) is 19.6. The van der Waals surface area contributed by atoms with Crippen molar-refractivity contribution in [1.82, 2.24) is 4.57 Å². The first-order chi connectivity index (χ1) is 16.9. The molecule has 3 aromatic rings. The van der Waals surface area contributed by atoms with Crippen LogP contribution < -0.4 is 4.90 Å². The summed E-state index contributed by atoms with van der Waals surface area (Å²) in [6, 6.07) is 14.7. The molecule has 0 unspecified atom stereocenters. The van der Waals surface area contributed by atoms with Gasteiger partial charge >= 0.3 is 11.9 Å². The Kier molecular flexibility index (Phi) is 5.33. The number of carbonyl (C=O) groups excluding carboxylic acids is 3. The SMILES string of the molecule is C=CCn1cc([C@@H]2O[C@@]3(C(=O)N(C)c4ccccc43)C(C(=O)OC)=C2C(=O)OC)c2ccccc21. The van der Waals surface area contributed by atoms with E-state index in [1.54, 1.807) is 37.4 Å². The quantitative estimate of drug-likeness (QED) is 0.418. The van der Waals surface area contributed by atoms with Gasteiger partial charge in [-0.3, -0.25) is 4.79 Å². The van der Waals surface area contributed by atoms with Gasteiger partial charge in [-0.2, -0.15) is 0 Å². The molecule has 1 aromatic heterocycles. The van der Waals surface area contributed by atoms with Crippen molar-refractivity contribution in [3.8, 4) is 0 Å². The topological polar surface area (TPSA) is 87.1 Å². The smallest absolute Gasteiger partial charge is 0.338 e.